The zero-order chi connectivity index (χ0) is 13.1. The Kier molecular flexibility index (Phi) is 3.13. The lowest BCUT2D eigenvalue weighted by molar-refractivity contribution is -0.120. The van der Waals surface area contributed by atoms with Crippen LogP contribution in [0.5, 0.6) is 0 Å². The van der Waals surface area contributed by atoms with Crippen LogP contribution in [0.3, 0.4) is 0 Å². The van der Waals surface area contributed by atoms with Crippen LogP contribution in [0.4, 0.5) is 4.79 Å². The molecule has 0 unspecified atom stereocenters. The van der Waals surface area contributed by atoms with Crippen molar-refractivity contribution in [2.75, 3.05) is 13.6 Å². The first kappa shape index (κ1) is 11.9. The minimum Gasteiger partial charge on any atom is -0.352 e. The first-order valence-corrected chi connectivity index (χ1v) is 5.33. The second-order valence-corrected chi connectivity index (χ2v) is 3.71. The number of urea groups is 1. The van der Waals surface area contributed by atoms with Gasteiger partial charge in [0.25, 0.3) is 5.91 Å². The number of fused-ring (bicyclic) bond motifs is 1. The minimum atomic E-state index is -0.495. The molecule has 94 valence electrons. The van der Waals surface area contributed by atoms with Crippen LogP contribution in [0.25, 0.3) is 11.1 Å². The highest BCUT2D eigenvalue weighted by Gasteiger charge is 2.22. The van der Waals surface area contributed by atoms with Gasteiger partial charge in [-0.3, -0.25) is 20.6 Å². The van der Waals surface area contributed by atoms with Crippen molar-refractivity contribution in [2.24, 2.45) is 10.7 Å². The number of amidine groups is 1. The molecule has 5 N–H and O–H groups in total. The van der Waals surface area contributed by atoms with Gasteiger partial charge in [-0.1, -0.05) is 12.1 Å². The molecular weight excluding hydrogens is 234 g/mol. The number of nitrogens with one attached hydrogen (secondary N) is 3. The highest BCUT2D eigenvalue weighted by atomic mass is 16.2. The van der Waals surface area contributed by atoms with Crippen molar-refractivity contribution in [2.45, 2.75) is 0 Å². The first-order chi connectivity index (χ1) is 8.61. The maximum atomic E-state index is 10.8. The van der Waals surface area contributed by atoms with Crippen LogP contribution in [0.2, 0.25) is 0 Å². The molecule has 0 saturated carbocycles. The molecule has 7 nitrogen and oxygen atoms in total. The molecular formula is C11H13N5O2. The van der Waals surface area contributed by atoms with Crippen LogP contribution >= 0.6 is 0 Å². The fourth-order valence-corrected chi connectivity index (χ4v) is 1.50. The number of benzene rings is 1. The number of nitrogens with two attached hydrogens (primary N) is 1. The van der Waals surface area contributed by atoms with Crippen molar-refractivity contribution >= 4 is 17.8 Å². The molecule has 0 aromatic heterocycles. The lowest BCUT2D eigenvalue weighted by atomic mass is 9.86. The molecule has 1 heterocycles. The average molecular weight is 247 g/mol. The van der Waals surface area contributed by atoms with Crippen molar-refractivity contribution in [1.82, 2.24) is 16.2 Å². The molecule has 0 fully saturated rings. The summed E-state index contributed by atoms with van der Waals surface area (Å²) in [5.74, 6) is 0.671. The summed E-state index contributed by atoms with van der Waals surface area (Å²) in [6, 6.07) is 5.66. The second kappa shape index (κ2) is 4.74. The molecule has 0 bridgehead atoms. The van der Waals surface area contributed by atoms with E-state index in [4.69, 9.17) is 0 Å². The van der Waals surface area contributed by atoms with E-state index in [0.717, 1.165) is 11.4 Å². The third kappa shape index (κ3) is 2.24. The van der Waals surface area contributed by atoms with E-state index in [2.05, 4.69) is 39.0 Å². The molecule has 0 aromatic rings. The topological polar surface area (TPSA) is 109 Å². The second-order valence-electron chi connectivity index (χ2n) is 3.71. The van der Waals surface area contributed by atoms with Crippen LogP contribution in [-0.2, 0) is 4.79 Å². The molecule has 0 radical (unpaired) electrons. The Morgan fingerprint density at radius 1 is 1.39 bits per heavy atom. The molecule has 7 heteroatoms. The molecule has 1 aliphatic heterocycles. The number of nitrogens with zero attached hydrogens (tertiary/aromatic N) is 1. The van der Waals surface area contributed by atoms with Gasteiger partial charge in [-0.2, -0.15) is 0 Å². The van der Waals surface area contributed by atoms with E-state index in [1.54, 1.807) is 0 Å². The highest BCUT2D eigenvalue weighted by molar-refractivity contribution is 6.11. The highest BCUT2D eigenvalue weighted by Crippen LogP contribution is 2.36. The fraction of sp³-hybridized carbons (Fsp3) is 0.182. The molecule has 3 amide bonds. The van der Waals surface area contributed by atoms with Crippen LogP contribution in [0.1, 0.15) is 5.56 Å². The summed E-state index contributed by atoms with van der Waals surface area (Å²) < 4.78 is 0. The van der Waals surface area contributed by atoms with Gasteiger partial charge in [-0.25, -0.2) is 4.79 Å². The van der Waals surface area contributed by atoms with E-state index in [-0.39, 0.29) is 12.5 Å². The normalized spacial score (nSPS) is 14.3. The molecule has 18 heavy (non-hydrogen) atoms. The lowest BCUT2D eigenvalue weighted by Gasteiger charge is -2.24. The summed E-state index contributed by atoms with van der Waals surface area (Å²) in [4.78, 5) is 24.4. The quantitative estimate of drug-likeness (QED) is 0.536. The third-order valence-corrected chi connectivity index (χ3v) is 2.53. The summed E-state index contributed by atoms with van der Waals surface area (Å²) in [5.41, 5.74) is 13.5. The Morgan fingerprint density at radius 2 is 2.11 bits per heavy atom. The molecule has 0 atom stereocenters. The van der Waals surface area contributed by atoms with Gasteiger partial charge >= 0.3 is 6.03 Å². The van der Waals surface area contributed by atoms with Gasteiger partial charge in [0.2, 0.25) is 0 Å². The number of hydrogen-bond donors (Lipinski definition) is 4. The van der Waals surface area contributed by atoms with E-state index in [1.807, 2.05) is 6.07 Å². The molecule has 0 aromatic carbocycles. The molecule has 3 aliphatic rings. The summed E-state index contributed by atoms with van der Waals surface area (Å²) >= 11 is 0. The number of rotatable bonds is 1. The molecule has 0 spiro atoms. The van der Waals surface area contributed by atoms with Gasteiger partial charge in [0, 0.05) is 12.6 Å². The number of hydrogen-bond acceptors (Lipinski definition) is 4. The molecule has 3 rings (SSSR count). The van der Waals surface area contributed by atoms with Crippen molar-refractivity contribution in [1.29, 1.82) is 0 Å². The average Bonchev–Trinajstić information content (AvgIpc) is 2.35. The smallest absolute Gasteiger partial charge is 0.311 e. The number of carbonyl (C=O) groups excluding carboxylic acids is 2. The number of hydrazine groups is 1. The Hall–Kier alpha value is -2.57. The molecule has 2 aliphatic carbocycles. The molecule has 0 saturated heterocycles. The summed E-state index contributed by atoms with van der Waals surface area (Å²) in [7, 11) is 1.47. The van der Waals surface area contributed by atoms with E-state index < -0.39 is 6.03 Å². The van der Waals surface area contributed by atoms with E-state index >= 15 is 0 Å². The predicted octanol–water partition coefficient (Wildman–Crippen LogP) is -0.667. The number of carbonyl (C=O) groups is 2. The maximum absolute atomic E-state index is 10.8. The Bertz CT molecular complexity index is 538. The van der Waals surface area contributed by atoms with Crippen LogP contribution in [0.15, 0.2) is 23.2 Å². The van der Waals surface area contributed by atoms with Crippen molar-refractivity contribution in [3.8, 4) is 11.1 Å². The summed E-state index contributed by atoms with van der Waals surface area (Å²) in [6.07, 6.45) is 0. The Morgan fingerprint density at radius 3 is 2.44 bits per heavy atom. The lowest BCUT2D eigenvalue weighted by Crippen LogP contribution is -2.47. The number of aliphatic imine (C=N–C) groups is 1. The van der Waals surface area contributed by atoms with Crippen molar-refractivity contribution in [3.63, 3.8) is 0 Å². The van der Waals surface area contributed by atoms with Crippen molar-refractivity contribution in [3.05, 3.63) is 23.8 Å². The summed E-state index contributed by atoms with van der Waals surface area (Å²) in [5, 5.41) is 2.17. The van der Waals surface area contributed by atoms with Crippen molar-refractivity contribution < 1.29 is 9.59 Å². The number of amides is 3. The van der Waals surface area contributed by atoms with Gasteiger partial charge in [-0.05, 0) is 17.2 Å². The van der Waals surface area contributed by atoms with Gasteiger partial charge in [0.1, 0.15) is 12.4 Å². The van der Waals surface area contributed by atoms with Crippen LogP contribution < -0.4 is 21.9 Å². The van der Waals surface area contributed by atoms with Crippen LogP contribution in [-0.4, -0.2) is 31.4 Å². The first-order valence-electron chi connectivity index (χ1n) is 5.33. The van der Waals surface area contributed by atoms with Gasteiger partial charge < -0.3 is 11.1 Å². The largest absolute Gasteiger partial charge is 0.352 e. The number of primary amides is 1. The minimum absolute atomic E-state index is 0.0953. The Balaban J connectivity index is 0.000000209. The van der Waals surface area contributed by atoms with Gasteiger partial charge in [0.15, 0.2) is 0 Å². The standard InChI is InChI=1S/C9H7N3O.C2H6N2O/c13-8-4-10-9(12-11-8)7-3-5-1-2-6(5)7;1-4-2(3)5/h1-3H,4H2,(H,10,12)(H,11,13);1H3,(H3,3,4,5). The monoisotopic (exact) mass is 247 g/mol. The van der Waals surface area contributed by atoms with Gasteiger partial charge in [0.05, 0.1) is 0 Å². The zero-order valence-electron chi connectivity index (χ0n) is 9.78. The predicted molar refractivity (Wildman–Crippen MR) is 66.8 cm³/mol. The van der Waals surface area contributed by atoms with E-state index in [9.17, 15) is 9.59 Å². The van der Waals surface area contributed by atoms with E-state index in [1.165, 1.54) is 18.2 Å². The fourth-order valence-electron chi connectivity index (χ4n) is 1.50. The van der Waals surface area contributed by atoms with Crippen LogP contribution in [0, 0.1) is 0 Å². The van der Waals surface area contributed by atoms with E-state index in [0.29, 0.717) is 0 Å². The van der Waals surface area contributed by atoms with Gasteiger partial charge in [-0.15, -0.1) is 0 Å². The third-order valence-electron chi connectivity index (χ3n) is 2.53. The SMILES string of the molecule is CNC(N)=O.O=C1CN=C(c2cc3ccc2-3)NN1. The maximum Gasteiger partial charge on any atom is 0.311 e. The zero-order valence-corrected chi connectivity index (χ0v) is 9.78. The summed E-state index contributed by atoms with van der Waals surface area (Å²) in [6.45, 7) is 0.214. The Labute approximate surface area is 103 Å².